The van der Waals surface area contributed by atoms with E-state index in [2.05, 4.69) is 19.9 Å². The first-order chi connectivity index (χ1) is 15.6. The molecule has 0 aromatic rings. The third-order valence-corrected chi connectivity index (χ3v) is 10.3. The third-order valence-electron chi connectivity index (χ3n) is 10.3. The van der Waals surface area contributed by atoms with E-state index in [0.29, 0.717) is 24.2 Å². The number of primary amides is 1. The van der Waals surface area contributed by atoms with Crippen LogP contribution in [-0.2, 0) is 28.6 Å². The van der Waals surface area contributed by atoms with Crippen LogP contribution in [0.3, 0.4) is 0 Å². The summed E-state index contributed by atoms with van der Waals surface area (Å²) in [6.07, 6.45) is 9.68. The summed E-state index contributed by atoms with van der Waals surface area (Å²) >= 11 is 0. The fourth-order valence-corrected chi connectivity index (χ4v) is 8.73. The quantitative estimate of drug-likeness (QED) is 0.299. The first-order valence-electron chi connectivity index (χ1n) is 12.6. The molecule has 1 heterocycles. The fourth-order valence-electron chi connectivity index (χ4n) is 8.73. The van der Waals surface area contributed by atoms with Gasteiger partial charge in [-0.3, -0.25) is 9.59 Å². The lowest BCUT2D eigenvalue weighted by Gasteiger charge is -2.57. The number of hydrogen-bond donors (Lipinski definition) is 1. The highest BCUT2D eigenvalue weighted by atomic mass is 16.7. The number of allylic oxidation sites excluding steroid dienone is 1. The number of ether oxygens (including phenoxy) is 3. The van der Waals surface area contributed by atoms with Gasteiger partial charge in [0.1, 0.15) is 11.7 Å². The predicted molar refractivity (Wildman–Crippen MR) is 120 cm³/mol. The largest absolute Gasteiger partial charge is 0.463 e. The maximum Gasteiger partial charge on any atom is 0.351 e. The number of carbonyl (C=O) groups excluding carboxylic acids is 3. The molecule has 2 N–H and O–H groups in total. The van der Waals surface area contributed by atoms with Crippen LogP contribution in [0.25, 0.3) is 0 Å². The molecule has 7 nitrogen and oxygen atoms in total. The Labute approximate surface area is 195 Å². The van der Waals surface area contributed by atoms with Crippen LogP contribution in [0.15, 0.2) is 11.6 Å². The normalized spacial score (nSPS) is 47.6. The van der Waals surface area contributed by atoms with Gasteiger partial charge in [-0.15, -0.1) is 0 Å². The molecule has 1 spiro atoms. The van der Waals surface area contributed by atoms with Gasteiger partial charge in [0.25, 0.3) is 11.5 Å². The van der Waals surface area contributed by atoms with Gasteiger partial charge < -0.3 is 19.9 Å². The first kappa shape index (κ1) is 22.9. The molecule has 5 aliphatic rings. The number of esters is 2. The van der Waals surface area contributed by atoms with Crippen molar-refractivity contribution in [2.24, 2.45) is 34.3 Å². The lowest BCUT2D eigenvalue weighted by molar-refractivity contribution is -0.153. The Hall–Kier alpha value is -1.89. The smallest absolute Gasteiger partial charge is 0.351 e. The predicted octanol–water partition coefficient (Wildman–Crippen LogP) is 3.44. The minimum atomic E-state index is -1.64. The number of rotatable bonds is 4. The number of epoxide rings is 1. The zero-order chi connectivity index (χ0) is 23.8. The molecule has 0 unspecified atom stereocenters. The van der Waals surface area contributed by atoms with E-state index in [4.69, 9.17) is 19.9 Å². The molecule has 1 amide bonds. The summed E-state index contributed by atoms with van der Waals surface area (Å²) in [7, 11) is 0. The van der Waals surface area contributed by atoms with Gasteiger partial charge in [-0.2, -0.15) is 0 Å². The van der Waals surface area contributed by atoms with Gasteiger partial charge in [-0.25, -0.2) is 4.79 Å². The van der Waals surface area contributed by atoms with Crippen molar-refractivity contribution < 1.29 is 28.6 Å². The van der Waals surface area contributed by atoms with Gasteiger partial charge in [0.05, 0.1) is 6.61 Å². The monoisotopic (exact) mass is 459 g/mol. The molecular formula is C26H37NO6. The summed E-state index contributed by atoms with van der Waals surface area (Å²) in [5.74, 6) is -0.138. The van der Waals surface area contributed by atoms with E-state index in [1.54, 1.807) is 6.92 Å². The standard InChI is InChI=1S/C26H37NO6/c1-5-31-22(30)26(21(27)29)25(33-26)13-10-20-18-7-6-16-14-17(32-15(2)28)8-11-23(16,3)19(18)9-12-24(20,25)4/h6,17-20H,5,7-14H2,1-4H3,(H2,27,29)/t17-,18-,19-,20-,23+,24+,25-,26-/m1/s1. The third kappa shape index (κ3) is 2.80. The maximum absolute atomic E-state index is 12.9. The average molecular weight is 460 g/mol. The molecular weight excluding hydrogens is 422 g/mol. The second kappa shape index (κ2) is 7.30. The summed E-state index contributed by atoms with van der Waals surface area (Å²) in [4.78, 5) is 36.9. The Balaban J connectivity index is 1.43. The zero-order valence-electron chi connectivity index (χ0n) is 20.3. The minimum Gasteiger partial charge on any atom is -0.463 e. The Morgan fingerprint density at radius 3 is 2.52 bits per heavy atom. The van der Waals surface area contributed by atoms with Crippen molar-refractivity contribution in [3.63, 3.8) is 0 Å². The Morgan fingerprint density at radius 2 is 1.85 bits per heavy atom. The van der Waals surface area contributed by atoms with Gasteiger partial charge in [0, 0.05) is 18.8 Å². The van der Waals surface area contributed by atoms with Gasteiger partial charge in [-0.1, -0.05) is 25.5 Å². The second-order valence-corrected chi connectivity index (χ2v) is 11.4. The van der Waals surface area contributed by atoms with E-state index in [-0.39, 0.29) is 29.5 Å². The van der Waals surface area contributed by atoms with Gasteiger partial charge in [0.2, 0.25) is 0 Å². The molecule has 4 fully saturated rings. The van der Waals surface area contributed by atoms with E-state index >= 15 is 0 Å². The van der Waals surface area contributed by atoms with E-state index in [0.717, 1.165) is 44.9 Å². The molecule has 1 saturated heterocycles. The van der Waals surface area contributed by atoms with Crippen LogP contribution in [0.4, 0.5) is 0 Å². The highest BCUT2D eigenvalue weighted by Gasteiger charge is 2.88. The van der Waals surface area contributed by atoms with E-state index in [1.807, 2.05) is 0 Å². The number of nitrogens with two attached hydrogens (primary N) is 1. The second-order valence-electron chi connectivity index (χ2n) is 11.4. The van der Waals surface area contributed by atoms with Crippen LogP contribution in [0.1, 0.15) is 79.1 Å². The molecule has 0 bridgehead atoms. The Bertz CT molecular complexity index is 930. The summed E-state index contributed by atoms with van der Waals surface area (Å²) in [6.45, 7) is 8.02. The molecule has 0 aromatic carbocycles. The van der Waals surface area contributed by atoms with Crippen LogP contribution in [-0.4, -0.2) is 41.8 Å². The molecule has 4 aliphatic carbocycles. The molecule has 1 aliphatic heterocycles. The lowest BCUT2D eigenvalue weighted by atomic mass is 9.47. The zero-order valence-corrected chi connectivity index (χ0v) is 20.3. The SMILES string of the molecule is CCOC(=O)[C@@]1(C(N)=O)O[C@@]12CC[C@@H]1[C@@H]3CC=C4C[C@H](OC(C)=O)CC[C@]4(C)[C@@H]3CC[C@@]12C. The fraction of sp³-hybridized carbons (Fsp3) is 0.808. The van der Waals surface area contributed by atoms with Crippen molar-refractivity contribution in [3.05, 3.63) is 11.6 Å². The molecule has 3 saturated carbocycles. The number of carbonyl (C=O) groups is 3. The summed E-state index contributed by atoms with van der Waals surface area (Å²) in [5, 5.41) is 0. The molecule has 182 valence electrons. The number of fused-ring (bicyclic) bond motifs is 6. The molecule has 7 heteroatoms. The Kier molecular flexibility index (Phi) is 5.06. The van der Waals surface area contributed by atoms with Gasteiger partial charge in [0.15, 0.2) is 0 Å². The maximum atomic E-state index is 12.9. The van der Waals surface area contributed by atoms with Crippen molar-refractivity contribution in [1.29, 1.82) is 0 Å². The molecule has 0 radical (unpaired) electrons. The van der Waals surface area contributed by atoms with Gasteiger partial charge in [-0.05, 0) is 75.0 Å². The minimum absolute atomic E-state index is 0.0115. The van der Waals surface area contributed by atoms with E-state index < -0.39 is 23.1 Å². The van der Waals surface area contributed by atoms with Crippen LogP contribution in [0, 0.1) is 28.6 Å². The van der Waals surface area contributed by atoms with E-state index in [9.17, 15) is 14.4 Å². The van der Waals surface area contributed by atoms with Crippen LogP contribution >= 0.6 is 0 Å². The first-order valence-corrected chi connectivity index (χ1v) is 12.6. The highest BCUT2D eigenvalue weighted by Crippen LogP contribution is 2.75. The molecule has 5 rings (SSSR count). The summed E-state index contributed by atoms with van der Waals surface area (Å²) < 4.78 is 17.0. The van der Waals surface area contributed by atoms with Crippen LogP contribution in [0.2, 0.25) is 0 Å². The van der Waals surface area contributed by atoms with Crippen molar-refractivity contribution >= 4 is 17.8 Å². The molecule has 8 atom stereocenters. The van der Waals surface area contributed by atoms with Crippen LogP contribution < -0.4 is 5.73 Å². The highest BCUT2D eigenvalue weighted by molar-refractivity contribution is 6.10. The molecule has 33 heavy (non-hydrogen) atoms. The van der Waals surface area contributed by atoms with Crippen molar-refractivity contribution in [1.82, 2.24) is 0 Å². The number of amides is 1. The summed E-state index contributed by atoms with van der Waals surface area (Å²) in [5.41, 5.74) is 4.57. The Morgan fingerprint density at radius 1 is 1.12 bits per heavy atom. The summed E-state index contributed by atoms with van der Waals surface area (Å²) in [6, 6.07) is 0. The number of hydrogen-bond acceptors (Lipinski definition) is 6. The van der Waals surface area contributed by atoms with Crippen molar-refractivity contribution in [2.45, 2.75) is 96.4 Å². The van der Waals surface area contributed by atoms with Gasteiger partial charge >= 0.3 is 11.9 Å². The van der Waals surface area contributed by atoms with Crippen molar-refractivity contribution in [2.75, 3.05) is 6.61 Å². The van der Waals surface area contributed by atoms with Crippen LogP contribution in [0.5, 0.6) is 0 Å². The van der Waals surface area contributed by atoms with Crippen molar-refractivity contribution in [3.8, 4) is 0 Å². The lowest BCUT2D eigenvalue weighted by Crippen LogP contribution is -2.56. The van der Waals surface area contributed by atoms with E-state index in [1.165, 1.54) is 12.5 Å². The topological polar surface area (TPSA) is 108 Å². The average Bonchev–Trinajstić information content (AvgIpc) is 3.36. The molecule has 0 aromatic heterocycles.